The molecule has 3 rings (SSSR count). The lowest BCUT2D eigenvalue weighted by atomic mass is 9.87. The molecule has 2 aromatic rings. The first-order valence-electron chi connectivity index (χ1n) is 8.44. The summed E-state index contributed by atoms with van der Waals surface area (Å²) in [5, 5.41) is 3.44. The minimum absolute atomic E-state index is 0.185. The van der Waals surface area contributed by atoms with Crippen molar-refractivity contribution in [3.8, 4) is 11.1 Å². The molecule has 2 aromatic carbocycles. The van der Waals surface area contributed by atoms with Gasteiger partial charge in [0.05, 0.1) is 18.2 Å². The number of primary amides is 1. The van der Waals surface area contributed by atoms with Crippen molar-refractivity contribution in [2.24, 2.45) is 5.73 Å². The first kappa shape index (κ1) is 16.5. The maximum Gasteiger partial charge on any atom is 0.251 e. The Kier molecular flexibility index (Phi) is 4.86. The predicted octanol–water partition coefficient (Wildman–Crippen LogP) is 3.78. The summed E-state index contributed by atoms with van der Waals surface area (Å²) in [6.45, 7) is 5.60. The van der Waals surface area contributed by atoms with Gasteiger partial charge < -0.3 is 15.8 Å². The standard InChI is InChI=1S/C20H24N2O2/c1-13(2)18-16(14-6-4-3-5-7-14)8-9-17(19(18)20(21)23)22-15-10-11-24-12-15/h3-9,13,15,22H,10-12H2,1-2H3,(H2,21,23). The third kappa shape index (κ3) is 3.29. The van der Waals surface area contributed by atoms with Crippen LogP contribution < -0.4 is 11.1 Å². The Hall–Kier alpha value is -2.33. The van der Waals surface area contributed by atoms with Gasteiger partial charge in [0, 0.05) is 12.3 Å². The molecule has 1 heterocycles. The Morgan fingerprint density at radius 2 is 1.96 bits per heavy atom. The van der Waals surface area contributed by atoms with E-state index >= 15 is 0 Å². The number of anilines is 1. The van der Waals surface area contributed by atoms with Crippen LogP contribution in [0.3, 0.4) is 0 Å². The lowest BCUT2D eigenvalue weighted by molar-refractivity contribution is 0.1000. The van der Waals surface area contributed by atoms with Crippen molar-refractivity contribution in [2.45, 2.75) is 32.2 Å². The smallest absolute Gasteiger partial charge is 0.251 e. The second kappa shape index (κ2) is 7.05. The van der Waals surface area contributed by atoms with Crippen molar-refractivity contribution in [1.29, 1.82) is 0 Å². The first-order chi connectivity index (χ1) is 11.6. The highest BCUT2D eigenvalue weighted by atomic mass is 16.5. The van der Waals surface area contributed by atoms with Gasteiger partial charge in [-0.15, -0.1) is 0 Å². The van der Waals surface area contributed by atoms with E-state index in [4.69, 9.17) is 10.5 Å². The van der Waals surface area contributed by atoms with Gasteiger partial charge in [-0.2, -0.15) is 0 Å². The van der Waals surface area contributed by atoms with Crippen molar-refractivity contribution < 1.29 is 9.53 Å². The summed E-state index contributed by atoms with van der Waals surface area (Å²) < 4.78 is 5.42. The van der Waals surface area contributed by atoms with Crippen molar-refractivity contribution in [1.82, 2.24) is 0 Å². The average Bonchev–Trinajstić information content (AvgIpc) is 3.08. The van der Waals surface area contributed by atoms with Gasteiger partial charge in [0.2, 0.25) is 0 Å². The minimum Gasteiger partial charge on any atom is -0.379 e. The van der Waals surface area contributed by atoms with E-state index in [1.807, 2.05) is 24.3 Å². The van der Waals surface area contributed by atoms with Crippen LogP contribution in [0.15, 0.2) is 42.5 Å². The number of rotatable bonds is 5. The van der Waals surface area contributed by atoms with Gasteiger partial charge in [-0.05, 0) is 35.1 Å². The van der Waals surface area contributed by atoms with Crippen molar-refractivity contribution in [3.05, 3.63) is 53.6 Å². The highest BCUT2D eigenvalue weighted by Crippen LogP contribution is 2.36. The Morgan fingerprint density at radius 1 is 1.21 bits per heavy atom. The average molecular weight is 324 g/mol. The van der Waals surface area contributed by atoms with Crippen LogP contribution in [0.2, 0.25) is 0 Å². The summed E-state index contributed by atoms with van der Waals surface area (Å²) in [6, 6.07) is 14.4. The third-order valence-corrected chi connectivity index (χ3v) is 4.44. The summed E-state index contributed by atoms with van der Waals surface area (Å²) >= 11 is 0. The van der Waals surface area contributed by atoms with Gasteiger partial charge in [-0.25, -0.2) is 0 Å². The Morgan fingerprint density at radius 3 is 2.54 bits per heavy atom. The van der Waals surface area contributed by atoms with Crippen LogP contribution in [0.5, 0.6) is 0 Å². The molecular weight excluding hydrogens is 300 g/mol. The SMILES string of the molecule is CC(C)c1c(-c2ccccc2)ccc(NC2CCOC2)c1C(N)=O. The largest absolute Gasteiger partial charge is 0.379 e. The molecule has 3 N–H and O–H groups in total. The van der Waals surface area contributed by atoms with Gasteiger partial charge in [-0.3, -0.25) is 4.79 Å². The van der Waals surface area contributed by atoms with Gasteiger partial charge in [-0.1, -0.05) is 50.2 Å². The van der Waals surface area contributed by atoms with E-state index in [2.05, 4.69) is 37.4 Å². The van der Waals surface area contributed by atoms with E-state index in [0.717, 1.165) is 35.4 Å². The molecule has 4 heteroatoms. The number of hydrogen-bond acceptors (Lipinski definition) is 3. The van der Waals surface area contributed by atoms with Crippen LogP contribution in [0, 0.1) is 0 Å². The fraction of sp³-hybridized carbons (Fsp3) is 0.350. The molecule has 0 bridgehead atoms. The maximum absolute atomic E-state index is 12.3. The number of hydrogen-bond donors (Lipinski definition) is 2. The van der Waals surface area contributed by atoms with Crippen molar-refractivity contribution in [2.75, 3.05) is 18.5 Å². The molecule has 0 aromatic heterocycles. The third-order valence-electron chi connectivity index (χ3n) is 4.44. The van der Waals surface area contributed by atoms with Crippen LogP contribution >= 0.6 is 0 Å². The summed E-state index contributed by atoms with van der Waals surface area (Å²) in [5.41, 5.74) is 10.3. The van der Waals surface area contributed by atoms with Crippen LogP contribution in [-0.2, 0) is 4.74 Å². The number of carbonyl (C=O) groups excluding carboxylic acids is 1. The molecule has 1 amide bonds. The predicted molar refractivity (Wildman–Crippen MR) is 97.3 cm³/mol. The van der Waals surface area contributed by atoms with Crippen LogP contribution in [-0.4, -0.2) is 25.2 Å². The van der Waals surface area contributed by atoms with E-state index < -0.39 is 5.91 Å². The number of amides is 1. The maximum atomic E-state index is 12.3. The van der Waals surface area contributed by atoms with Gasteiger partial charge in [0.15, 0.2) is 0 Å². The second-order valence-electron chi connectivity index (χ2n) is 6.54. The van der Waals surface area contributed by atoms with Crippen molar-refractivity contribution >= 4 is 11.6 Å². The van der Waals surface area contributed by atoms with Gasteiger partial charge in [0.25, 0.3) is 5.91 Å². The zero-order valence-corrected chi connectivity index (χ0v) is 14.2. The summed E-state index contributed by atoms with van der Waals surface area (Å²) in [5.74, 6) is -0.206. The summed E-state index contributed by atoms with van der Waals surface area (Å²) in [4.78, 5) is 12.3. The molecular formula is C20H24N2O2. The fourth-order valence-corrected chi connectivity index (χ4v) is 3.34. The molecule has 0 radical (unpaired) electrons. The molecule has 1 saturated heterocycles. The minimum atomic E-state index is -0.391. The molecule has 126 valence electrons. The van der Waals surface area contributed by atoms with Crippen LogP contribution in [0.4, 0.5) is 5.69 Å². The number of benzene rings is 2. The zero-order chi connectivity index (χ0) is 17.1. The lowest BCUT2D eigenvalue weighted by Gasteiger charge is -2.22. The molecule has 1 fully saturated rings. The lowest BCUT2D eigenvalue weighted by Crippen LogP contribution is -2.24. The monoisotopic (exact) mass is 324 g/mol. The topological polar surface area (TPSA) is 64.3 Å². The number of ether oxygens (including phenoxy) is 1. The fourth-order valence-electron chi connectivity index (χ4n) is 3.34. The molecule has 0 saturated carbocycles. The zero-order valence-electron chi connectivity index (χ0n) is 14.2. The number of nitrogens with one attached hydrogen (secondary N) is 1. The van der Waals surface area contributed by atoms with Crippen LogP contribution in [0.25, 0.3) is 11.1 Å². The number of nitrogens with two attached hydrogens (primary N) is 1. The van der Waals surface area contributed by atoms with Crippen molar-refractivity contribution in [3.63, 3.8) is 0 Å². The first-order valence-corrected chi connectivity index (χ1v) is 8.44. The van der Waals surface area contributed by atoms with E-state index in [-0.39, 0.29) is 12.0 Å². The Bertz CT molecular complexity index is 720. The van der Waals surface area contributed by atoms with E-state index in [1.165, 1.54) is 0 Å². The Labute approximate surface area is 143 Å². The van der Waals surface area contributed by atoms with E-state index in [0.29, 0.717) is 12.2 Å². The van der Waals surface area contributed by atoms with E-state index in [1.54, 1.807) is 0 Å². The number of carbonyl (C=O) groups is 1. The summed E-state index contributed by atoms with van der Waals surface area (Å²) in [6.07, 6.45) is 0.940. The molecule has 1 aliphatic heterocycles. The molecule has 0 aliphatic carbocycles. The Balaban J connectivity index is 2.12. The summed E-state index contributed by atoms with van der Waals surface area (Å²) in [7, 11) is 0. The molecule has 0 spiro atoms. The van der Waals surface area contributed by atoms with E-state index in [9.17, 15) is 4.79 Å². The molecule has 24 heavy (non-hydrogen) atoms. The normalized spacial score (nSPS) is 17.2. The van der Waals surface area contributed by atoms with Crippen LogP contribution in [0.1, 0.15) is 42.1 Å². The molecule has 1 aliphatic rings. The quantitative estimate of drug-likeness (QED) is 0.880. The molecule has 1 unspecified atom stereocenters. The second-order valence-corrected chi connectivity index (χ2v) is 6.54. The molecule has 4 nitrogen and oxygen atoms in total. The highest BCUT2D eigenvalue weighted by Gasteiger charge is 2.23. The van der Waals surface area contributed by atoms with Gasteiger partial charge in [0.1, 0.15) is 0 Å². The molecule has 1 atom stereocenters. The highest BCUT2D eigenvalue weighted by molar-refractivity contribution is 6.02. The van der Waals surface area contributed by atoms with Gasteiger partial charge >= 0.3 is 0 Å².